The number of ether oxygens (including phenoxy) is 1. The number of hydrogen-bond donors (Lipinski definition) is 1. The standard InChI is InChI=1S/C22H21Br2ClN2O3/c1-29-21(28)16-4-2-15(3-5-16)19-12-22(30-26-19)6-8-27(9-7-22)13-14-10-17(23)20(25)18(24)11-14/h2-5,10-12,26H,6-9,13H2,1H3. The molecule has 8 heteroatoms. The Morgan fingerprint density at radius 2 is 1.83 bits per heavy atom. The first-order valence-corrected chi connectivity index (χ1v) is 11.6. The molecule has 0 atom stereocenters. The van der Waals surface area contributed by atoms with Gasteiger partial charge in [-0.2, -0.15) is 0 Å². The van der Waals surface area contributed by atoms with Crippen molar-refractivity contribution >= 4 is 55.1 Å². The van der Waals surface area contributed by atoms with Gasteiger partial charge < -0.3 is 4.74 Å². The molecule has 1 saturated heterocycles. The lowest BCUT2D eigenvalue weighted by Crippen LogP contribution is -2.44. The Morgan fingerprint density at radius 1 is 1.20 bits per heavy atom. The fraction of sp³-hybridized carbons (Fsp3) is 0.318. The van der Waals surface area contributed by atoms with Gasteiger partial charge in [-0.1, -0.05) is 23.7 Å². The van der Waals surface area contributed by atoms with Gasteiger partial charge in [-0.05, 0) is 86.2 Å². The number of hydroxylamine groups is 1. The van der Waals surface area contributed by atoms with E-state index in [1.54, 1.807) is 12.1 Å². The molecule has 2 aromatic carbocycles. The first-order chi connectivity index (χ1) is 14.4. The number of benzene rings is 2. The highest BCUT2D eigenvalue weighted by Gasteiger charge is 2.38. The van der Waals surface area contributed by atoms with Crippen molar-refractivity contribution in [1.82, 2.24) is 10.4 Å². The second-order valence-electron chi connectivity index (χ2n) is 7.55. The van der Waals surface area contributed by atoms with Crippen LogP contribution in [0, 0.1) is 0 Å². The summed E-state index contributed by atoms with van der Waals surface area (Å²) in [5, 5.41) is 0.694. The molecule has 1 spiro atoms. The Morgan fingerprint density at radius 3 is 2.43 bits per heavy atom. The highest BCUT2D eigenvalue weighted by Crippen LogP contribution is 2.36. The Balaban J connectivity index is 1.40. The number of esters is 1. The molecule has 2 aliphatic heterocycles. The molecular formula is C22H21Br2ClN2O3. The predicted molar refractivity (Wildman–Crippen MR) is 124 cm³/mol. The molecular weight excluding hydrogens is 536 g/mol. The minimum atomic E-state index is -0.338. The molecule has 0 saturated carbocycles. The van der Waals surface area contributed by atoms with Crippen LogP contribution < -0.4 is 5.48 Å². The molecule has 5 nitrogen and oxygen atoms in total. The number of nitrogens with one attached hydrogen (secondary N) is 1. The number of carbonyl (C=O) groups excluding carboxylic acids is 1. The number of likely N-dealkylation sites (tertiary alicyclic amines) is 1. The summed E-state index contributed by atoms with van der Waals surface area (Å²) in [7, 11) is 1.38. The molecule has 2 aliphatic rings. The number of carbonyl (C=O) groups is 1. The quantitative estimate of drug-likeness (QED) is 0.395. The summed E-state index contributed by atoms with van der Waals surface area (Å²) in [6.45, 7) is 2.73. The Labute approximate surface area is 197 Å². The van der Waals surface area contributed by atoms with Crippen LogP contribution in [0.25, 0.3) is 5.70 Å². The third-order valence-corrected chi connectivity index (χ3v) is 7.66. The summed E-state index contributed by atoms with van der Waals surface area (Å²) in [5.41, 5.74) is 6.44. The van der Waals surface area contributed by atoms with Crippen LogP contribution >= 0.6 is 43.5 Å². The van der Waals surface area contributed by atoms with E-state index in [0.29, 0.717) is 10.6 Å². The molecule has 0 bridgehead atoms. The van der Waals surface area contributed by atoms with Gasteiger partial charge in [0.05, 0.1) is 23.4 Å². The molecule has 2 heterocycles. The predicted octanol–water partition coefficient (Wildman–Crippen LogP) is 5.56. The van der Waals surface area contributed by atoms with Crippen molar-refractivity contribution < 1.29 is 14.4 Å². The number of methoxy groups -OCH3 is 1. The first kappa shape index (κ1) is 21.8. The second-order valence-corrected chi connectivity index (χ2v) is 9.63. The summed E-state index contributed by atoms with van der Waals surface area (Å²) in [6, 6.07) is 11.5. The lowest BCUT2D eigenvalue weighted by atomic mass is 9.90. The van der Waals surface area contributed by atoms with E-state index in [2.05, 4.69) is 60.4 Å². The van der Waals surface area contributed by atoms with Crippen LogP contribution in [0.4, 0.5) is 0 Å². The van der Waals surface area contributed by atoms with Gasteiger partial charge in [-0.15, -0.1) is 0 Å². The molecule has 1 fully saturated rings. The molecule has 0 aromatic heterocycles. The Bertz CT molecular complexity index is 963. The molecule has 158 valence electrons. The van der Waals surface area contributed by atoms with E-state index < -0.39 is 0 Å². The topological polar surface area (TPSA) is 50.8 Å². The van der Waals surface area contributed by atoms with Crippen molar-refractivity contribution in [3.8, 4) is 0 Å². The number of halogens is 3. The summed E-state index contributed by atoms with van der Waals surface area (Å²) in [4.78, 5) is 20.0. The van der Waals surface area contributed by atoms with Crippen molar-refractivity contribution in [3.63, 3.8) is 0 Å². The number of rotatable bonds is 4. The van der Waals surface area contributed by atoms with Gasteiger partial charge >= 0.3 is 5.97 Å². The fourth-order valence-electron chi connectivity index (χ4n) is 3.82. The van der Waals surface area contributed by atoms with Crippen molar-refractivity contribution in [2.45, 2.75) is 25.0 Å². The van der Waals surface area contributed by atoms with E-state index in [1.165, 1.54) is 12.7 Å². The van der Waals surface area contributed by atoms with E-state index in [0.717, 1.165) is 52.7 Å². The van der Waals surface area contributed by atoms with Gasteiger partial charge in [0, 0.05) is 28.6 Å². The minimum Gasteiger partial charge on any atom is -0.465 e. The molecule has 30 heavy (non-hydrogen) atoms. The monoisotopic (exact) mass is 554 g/mol. The average molecular weight is 557 g/mol. The Hall–Kier alpha value is -1.38. The van der Waals surface area contributed by atoms with Gasteiger partial charge in [-0.3, -0.25) is 15.2 Å². The zero-order valence-electron chi connectivity index (χ0n) is 16.4. The molecule has 0 aliphatic carbocycles. The van der Waals surface area contributed by atoms with E-state index in [1.807, 2.05) is 12.1 Å². The summed E-state index contributed by atoms with van der Waals surface area (Å²) >= 11 is 13.2. The zero-order chi connectivity index (χ0) is 21.3. The maximum Gasteiger partial charge on any atom is 0.337 e. The van der Waals surface area contributed by atoms with Crippen LogP contribution in [0.15, 0.2) is 51.4 Å². The van der Waals surface area contributed by atoms with Crippen molar-refractivity contribution in [2.24, 2.45) is 0 Å². The van der Waals surface area contributed by atoms with Crippen molar-refractivity contribution in [1.29, 1.82) is 0 Å². The number of nitrogens with zero attached hydrogens (tertiary/aromatic N) is 1. The lowest BCUT2D eigenvalue weighted by Gasteiger charge is -2.36. The second kappa shape index (κ2) is 9.01. The van der Waals surface area contributed by atoms with Crippen LogP contribution in [-0.2, 0) is 16.1 Å². The van der Waals surface area contributed by atoms with Gasteiger partial charge in [0.1, 0.15) is 5.60 Å². The average Bonchev–Trinajstić information content (AvgIpc) is 3.17. The van der Waals surface area contributed by atoms with Crippen LogP contribution in [0.5, 0.6) is 0 Å². The van der Waals surface area contributed by atoms with Crippen LogP contribution in [0.1, 0.15) is 34.3 Å². The highest BCUT2D eigenvalue weighted by atomic mass is 79.9. The molecule has 0 amide bonds. The minimum absolute atomic E-state index is 0.298. The van der Waals surface area contributed by atoms with E-state index in [-0.39, 0.29) is 11.6 Å². The molecule has 4 rings (SSSR count). The number of piperidine rings is 1. The molecule has 0 radical (unpaired) electrons. The molecule has 2 aromatic rings. The normalized spacial score (nSPS) is 18.2. The van der Waals surface area contributed by atoms with Crippen molar-refractivity contribution in [3.05, 3.63) is 73.1 Å². The van der Waals surface area contributed by atoms with Gasteiger partial charge in [0.2, 0.25) is 0 Å². The number of hydrogen-bond acceptors (Lipinski definition) is 5. The summed E-state index contributed by atoms with van der Waals surface area (Å²) in [6.07, 6.45) is 3.98. The van der Waals surface area contributed by atoms with Crippen LogP contribution in [-0.4, -0.2) is 36.7 Å². The highest BCUT2D eigenvalue weighted by molar-refractivity contribution is 9.11. The maximum atomic E-state index is 11.6. The zero-order valence-corrected chi connectivity index (χ0v) is 20.3. The summed E-state index contributed by atoms with van der Waals surface area (Å²) in [5.74, 6) is -0.338. The van der Waals surface area contributed by atoms with Gasteiger partial charge in [0.15, 0.2) is 0 Å². The molecule has 1 N–H and O–H groups in total. The largest absolute Gasteiger partial charge is 0.465 e. The smallest absolute Gasteiger partial charge is 0.337 e. The lowest BCUT2D eigenvalue weighted by molar-refractivity contribution is -0.0703. The van der Waals surface area contributed by atoms with E-state index in [4.69, 9.17) is 21.2 Å². The first-order valence-electron chi connectivity index (χ1n) is 9.60. The van der Waals surface area contributed by atoms with Crippen molar-refractivity contribution in [2.75, 3.05) is 20.2 Å². The SMILES string of the molecule is COC(=O)c1ccc(C2=CC3(CCN(Cc4cc(Br)c(Cl)c(Br)c4)CC3)ON2)cc1. The Kier molecular flexibility index (Phi) is 6.55. The van der Waals surface area contributed by atoms with E-state index >= 15 is 0 Å². The van der Waals surface area contributed by atoms with Gasteiger partial charge in [-0.25, -0.2) is 4.79 Å². The third-order valence-electron chi connectivity index (χ3n) is 5.54. The maximum absolute atomic E-state index is 11.6. The summed E-state index contributed by atoms with van der Waals surface area (Å²) < 4.78 is 6.55. The molecule has 0 unspecified atom stereocenters. The fourth-order valence-corrected chi connectivity index (χ4v) is 5.21. The third kappa shape index (κ3) is 4.60. The van der Waals surface area contributed by atoms with Gasteiger partial charge in [0.25, 0.3) is 0 Å². The van der Waals surface area contributed by atoms with Crippen LogP contribution in [0.2, 0.25) is 5.02 Å². The van der Waals surface area contributed by atoms with Crippen LogP contribution in [0.3, 0.4) is 0 Å². The van der Waals surface area contributed by atoms with E-state index in [9.17, 15) is 4.79 Å².